The van der Waals surface area contributed by atoms with Crippen LogP contribution in [0.4, 0.5) is 8.78 Å². The normalized spacial score (nSPS) is 10.4. The van der Waals surface area contributed by atoms with Crippen molar-refractivity contribution in [1.29, 1.82) is 0 Å². The van der Waals surface area contributed by atoms with Crippen molar-refractivity contribution in [3.05, 3.63) is 21.0 Å². The van der Waals surface area contributed by atoms with Crippen molar-refractivity contribution in [2.75, 3.05) is 7.11 Å². The highest BCUT2D eigenvalue weighted by molar-refractivity contribution is 14.1. The molecule has 76 valence electrons. The molecular formula is C8H6F2INO2. The molecule has 1 aromatic heterocycles. The first kappa shape index (κ1) is 11.3. The number of carbonyl (C=O) groups is 1. The van der Waals surface area contributed by atoms with E-state index in [9.17, 15) is 13.6 Å². The summed E-state index contributed by atoms with van der Waals surface area (Å²) in [7, 11) is 1.38. The van der Waals surface area contributed by atoms with Crippen molar-refractivity contribution in [3.8, 4) is 5.75 Å². The van der Waals surface area contributed by atoms with Gasteiger partial charge < -0.3 is 4.74 Å². The van der Waals surface area contributed by atoms with E-state index in [0.717, 1.165) is 0 Å². The summed E-state index contributed by atoms with van der Waals surface area (Å²) in [5.74, 6) is 0.317. The maximum absolute atomic E-state index is 12.4. The third kappa shape index (κ3) is 1.99. The summed E-state index contributed by atoms with van der Waals surface area (Å²) in [5.41, 5.74) is -0.620. The van der Waals surface area contributed by atoms with Gasteiger partial charge in [0.05, 0.1) is 22.4 Å². The van der Waals surface area contributed by atoms with Crippen LogP contribution < -0.4 is 4.74 Å². The molecule has 3 nitrogen and oxygen atoms in total. The zero-order chi connectivity index (χ0) is 10.7. The Morgan fingerprint density at radius 3 is 2.71 bits per heavy atom. The molecule has 0 aromatic carbocycles. The van der Waals surface area contributed by atoms with Crippen LogP contribution in [0.1, 0.15) is 22.5 Å². The number of methoxy groups -OCH3 is 1. The zero-order valence-electron chi connectivity index (χ0n) is 7.13. The number of rotatable bonds is 3. The fourth-order valence-corrected chi connectivity index (χ4v) is 1.69. The van der Waals surface area contributed by atoms with Crippen molar-refractivity contribution in [2.24, 2.45) is 0 Å². The van der Waals surface area contributed by atoms with Crippen LogP contribution >= 0.6 is 22.6 Å². The smallest absolute Gasteiger partial charge is 0.281 e. The van der Waals surface area contributed by atoms with E-state index in [4.69, 9.17) is 4.74 Å². The molecule has 1 heterocycles. The van der Waals surface area contributed by atoms with Gasteiger partial charge in [0.15, 0.2) is 12.0 Å². The summed E-state index contributed by atoms with van der Waals surface area (Å²) >= 11 is 1.77. The van der Waals surface area contributed by atoms with Gasteiger partial charge >= 0.3 is 0 Å². The molecule has 14 heavy (non-hydrogen) atoms. The van der Waals surface area contributed by atoms with E-state index in [1.807, 2.05) is 0 Å². The number of pyridine rings is 1. The first-order valence-electron chi connectivity index (χ1n) is 3.57. The molecule has 6 heteroatoms. The monoisotopic (exact) mass is 313 g/mol. The summed E-state index contributed by atoms with van der Waals surface area (Å²) in [6, 6.07) is 0. The number of halogens is 3. The molecule has 0 atom stereocenters. The lowest BCUT2D eigenvalue weighted by atomic mass is 10.2. The predicted molar refractivity (Wildman–Crippen MR) is 53.9 cm³/mol. The highest BCUT2D eigenvalue weighted by Crippen LogP contribution is 2.28. The van der Waals surface area contributed by atoms with Gasteiger partial charge in [0.1, 0.15) is 5.69 Å². The second kappa shape index (κ2) is 4.63. The quantitative estimate of drug-likeness (QED) is 0.635. The van der Waals surface area contributed by atoms with Crippen LogP contribution in [0.3, 0.4) is 0 Å². The number of hydrogen-bond acceptors (Lipinski definition) is 3. The minimum absolute atomic E-state index is 0.111. The molecule has 1 rings (SSSR count). The average molecular weight is 313 g/mol. The van der Waals surface area contributed by atoms with Crippen molar-refractivity contribution in [2.45, 2.75) is 6.43 Å². The van der Waals surface area contributed by atoms with Gasteiger partial charge in [0.25, 0.3) is 6.43 Å². The SMILES string of the molecule is COc1cnc(C(F)F)c(C=O)c1I. The second-order valence-electron chi connectivity index (χ2n) is 2.36. The Balaban J connectivity index is 3.35. The van der Waals surface area contributed by atoms with Crippen molar-refractivity contribution in [1.82, 2.24) is 4.98 Å². The standard InChI is InChI=1S/C8H6F2INO2/c1-14-5-2-12-7(8(9)10)4(3-13)6(5)11/h2-3,8H,1H3. The lowest BCUT2D eigenvalue weighted by Gasteiger charge is -2.08. The van der Waals surface area contributed by atoms with Gasteiger partial charge in [0.2, 0.25) is 0 Å². The first-order valence-corrected chi connectivity index (χ1v) is 4.65. The Labute approximate surface area is 92.6 Å². The first-order chi connectivity index (χ1) is 6.61. The predicted octanol–water partition coefficient (Wildman–Crippen LogP) is 2.44. The molecule has 0 radical (unpaired) electrons. The van der Waals surface area contributed by atoms with E-state index in [2.05, 4.69) is 4.98 Å². The van der Waals surface area contributed by atoms with Crippen LogP contribution in [0.5, 0.6) is 5.75 Å². The molecule has 0 bridgehead atoms. The molecular weight excluding hydrogens is 307 g/mol. The fraction of sp³-hybridized carbons (Fsp3) is 0.250. The van der Waals surface area contributed by atoms with Crippen molar-refractivity contribution in [3.63, 3.8) is 0 Å². The number of ether oxygens (including phenoxy) is 1. The molecule has 0 unspecified atom stereocenters. The minimum Gasteiger partial charge on any atom is -0.494 e. The fourth-order valence-electron chi connectivity index (χ4n) is 0.928. The maximum atomic E-state index is 12.4. The van der Waals surface area contributed by atoms with Crippen LogP contribution in [-0.4, -0.2) is 18.4 Å². The lowest BCUT2D eigenvalue weighted by molar-refractivity contribution is 0.110. The number of alkyl halides is 2. The molecule has 0 aliphatic rings. The summed E-state index contributed by atoms with van der Waals surface area (Å²) in [5, 5.41) is 0. The molecule has 0 aliphatic carbocycles. The van der Waals surface area contributed by atoms with E-state index < -0.39 is 12.1 Å². The number of carbonyl (C=O) groups excluding carboxylic acids is 1. The van der Waals surface area contributed by atoms with Gasteiger partial charge in [-0.1, -0.05) is 0 Å². The molecule has 0 N–H and O–H groups in total. The number of nitrogens with zero attached hydrogens (tertiary/aromatic N) is 1. The second-order valence-corrected chi connectivity index (χ2v) is 3.44. The van der Waals surface area contributed by atoms with Gasteiger partial charge in [0, 0.05) is 0 Å². The third-order valence-electron chi connectivity index (χ3n) is 1.59. The Hall–Kier alpha value is -0.790. The lowest BCUT2D eigenvalue weighted by Crippen LogP contribution is -2.02. The summed E-state index contributed by atoms with van der Waals surface area (Å²) in [6.45, 7) is 0. The van der Waals surface area contributed by atoms with E-state index >= 15 is 0 Å². The Morgan fingerprint density at radius 2 is 2.29 bits per heavy atom. The molecule has 0 amide bonds. The van der Waals surface area contributed by atoms with Gasteiger partial charge in [-0.2, -0.15) is 0 Å². The van der Waals surface area contributed by atoms with E-state index in [1.165, 1.54) is 13.3 Å². The Bertz CT molecular complexity index is 357. The zero-order valence-corrected chi connectivity index (χ0v) is 9.29. The third-order valence-corrected chi connectivity index (χ3v) is 2.71. The van der Waals surface area contributed by atoms with Gasteiger partial charge in [-0.3, -0.25) is 9.78 Å². The van der Waals surface area contributed by atoms with Crippen LogP contribution in [0.15, 0.2) is 6.20 Å². The van der Waals surface area contributed by atoms with Crippen molar-refractivity contribution >= 4 is 28.9 Å². The molecule has 0 saturated carbocycles. The number of aromatic nitrogens is 1. The average Bonchev–Trinajstić information content (AvgIpc) is 2.17. The largest absolute Gasteiger partial charge is 0.494 e. The van der Waals surface area contributed by atoms with Crippen molar-refractivity contribution < 1.29 is 18.3 Å². The summed E-state index contributed by atoms with van der Waals surface area (Å²) in [4.78, 5) is 14.1. The van der Waals surface area contributed by atoms with Crippen LogP contribution in [0.2, 0.25) is 0 Å². The molecule has 0 aliphatic heterocycles. The molecule has 1 aromatic rings. The van der Waals surface area contributed by atoms with Crippen LogP contribution in [0.25, 0.3) is 0 Å². The summed E-state index contributed by atoms with van der Waals surface area (Å²) in [6.07, 6.45) is -1.22. The van der Waals surface area contributed by atoms with Crippen LogP contribution in [-0.2, 0) is 0 Å². The van der Waals surface area contributed by atoms with Gasteiger partial charge in [-0.05, 0) is 22.6 Å². The van der Waals surface area contributed by atoms with Gasteiger partial charge in [-0.15, -0.1) is 0 Å². The van der Waals surface area contributed by atoms with E-state index in [0.29, 0.717) is 15.6 Å². The highest BCUT2D eigenvalue weighted by atomic mass is 127. The number of aldehydes is 1. The Morgan fingerprint density at radius 1 is 1.64 bits per heavy atom. The number of hydrogen-bond donors (Lipinski definition) is 0. The molecule has 0 spiro atoms. The van der Waals surface area contributed by atoms with E-state index in [1.54, 1.807) is 22.6 Å². The highest BCUT2D eigenvalue weighted by Gasteiger charge is 2.19. The Kier molecular flexibility index (Phi) is 3.73. The topological polar surface area (TPSA) is 39.2 Å². The molecule has 0 saturated heterocycles. The molecule has 0 fully saturated rings. The van der Waals surface area contributed by atoms with Crippen LogP contribution in [0, 0.1) is 3.57 Å². The van der Waals surface area contributed by atoms with E-state index in [-0.39, 0.29) is 5.56 Å². The summed E-state index contributed by atoms with van der Waals surface area (Å²) < 4.78 is 29.9. The minimum atomic E-state index is -2.75. The van der Waals surface area contributed by atoms with Gasteiger partial charge in [-0.25, -0.2) is 8.78 Å². The maximum Gasteiger partial charge on any atom is 0.281 e.